The van der Waals surface area contributed by atoms with Gasteiger partial charge in [-0.25, -0.2) is 9.97 Å². The van der Waals surface area contributed by atoms with Gasteiger partial charge in [0.25, 0.3) is 0 Å². The van der Waals surface area contributed by atoms with Crippen molar-refractivity contribution in [2.24, 2.45) is 0 Å². The second-order valence-electron chi connectivity index (χ2n) is 6.27. The molecule has 0 bridgehead atoms. The van der Waals surface area contributed by atoms with E-state index in [9.17, 15) is 0 Å². The van der Waals surface area contributed by atoms with E-state index in [1.54, 1.807) is 12.2 Å². The van der Waals surface area contributed by atoms with Crippen molar-refractivity contribution in [2.75, 3.05) is 11.1 Å². The zero-order chi connectivity index (χ0) is 20.6. The molecule has 2 aromatic carbocycles. The molecule has 144 valence electrons. The third-order valence-electron chi connectivity index (χ3n) is 4.37. The summed E-state index contributed by atoms with van der Waals surface area (Å²) >= 11 is 0. The average molecular weight is 381 g/mol. The molecule has 29 heavy (non-hydrogen) atoms. The van der Waals surface area contributed by atoms with Gasteiger partial charge in [-0.15, -0.1) is 0 Å². The Morgan fingerprint density at radius 2 is 1.83 bits per heavy atom. The standard InChI is InChI=1S/C24H23N5/c1-3-5-10-17(4-2)22(25)21-23(26)27-16-28-24(21)29-20-14-9-13-19(15-20)18-11-7-6-8-12-18/h3-16,25H,1H2,2H3,(H3,26,27,28,29)/b10-5-,17-4+,25-22?. The van der Waals surface area contributed by atoms with E-state index in [2.05, 4.69) is 40.1 Å². The maximum atomic E-state index is 8.64. The van der Waals surface area contributed by atoms with Crippen LogP contribution in [0.3, 0.4) is 0 Å². The van der Waals surface area contributed by atoms with Gasteiger partial charge in [-0.1, -0.05) is 73.3 Å². The van der Waals surface area contributed by atoms with E-state index in [4.69, 9.17) is 11.1 Å². The van der Waals surface area contributed by atoms with E-state index in [1.165, 1.54) is 6.33 Å². The van der Waals surface area contributed by atoms with Crippen LogP contribution in [0.2, 0.25) is 0 Å². The van der Waals surface area contributed by atoms with Gasteiger partial charge in [0.05, 0.1) is 11.3 Å². The molecule has 0 aliphatic heterocycles. The number of rotatable bonds is 7. The number of benzene rings is 2. The number of nitrogens with zero attached hydrogens (tertiary/aromatic N) is 2. The lowest BCUT2D eigenvalue weighted by molar-refractivity contribution is 1.16. The molecule has 3 rings (SSSR count). The van der Waals surface area contributed by atoms with E-state index in [-0.39, 0.29) is 11.5 Å². The molecule has 0 spiro atoms. The van der Waals surface area contributed by atoms with E-state index >= 15 is 0 Å². The first-order valence-corrected chi connectivity index (χ1v) is 9.21. The summed E-state index contributed by atoms with van der Waals surface area (Å²) in [7, 11) is 0. The van der Waals surface area contributed by atoms with Crippen LogP contribution in [0, 0.1) is 5.41 Å². The van der Waals surface area contributed by atoms with Crippen molar-refractivity contribution in [3.05, 3.63) is 103 Å². The molecule has 0 aliphatic carbocycles. The fourth-order valence-electron chi connectivity index (χ4n) is 2.92. The second kappa shape index (κ2) is 9.28. The first-order valence-electron chi connectivity index (χ1n) is 9.21. The van der Waals surface area contributed by atoms with Crippen molar-refractivity contribution in [2.45, 2.75) is 6.92 Å². The lowest BCUT2D eigenvalue weighted by atomic mass is 10.0. The molecular weight excluding hydrogens is 358 g/mol. The summed E-state index contributed by atoms with van der Waals surface area (Å²) in [6.45, 7) is 5.55. The Morgan fingerprint density at radius 3 is 2.55 bits per heavy atom. The highest BCUT2D eigenvalue weighted by Crippen LogP contribution is 2.28. The fraction of sp³-hybridized carbons (Fsp3) is 0.0417. The van der Waals surface area contributed by atoms with Gasteiger partial charge >= 0.3 is 0 Å². The Hall–Kier alpha value is -3.99. The zero-order valence-corrected chi connectivity index (χ0v) is 16.3. The number of nitrogens with two attached hydrogens (primary N) is 1. The van der Waals surface area contributed by atoms with Gasteiger partial charge in [-0.3, -0.25) is 5.41 Å². The van der Waals surface area contributed by atoms with Crippen molar-refractivity contribution >= 4 is 23.0 Å². The van der Waals surface area contributed by atoms with Crippen molar-refractivity contribution in [1.29, 1.82) is 5.41 Å². The number of allylic oxidation sites excluding steroid dienone is 5. The average Bonchev–Trinajstić information content (AvgIpc) is 2.75. The predicted octanol–water partition coefficient (Wildman–Crippen LogP) is 5.53. The molecule has 1 aromatic heterocycles. The molecule has 0 unspecified atom stereocenters. The molecule has 1 heterocycles. The van der Waals surface area contributed by atoms with Crippen LogP contribution in [0.25, 0.3) is 11.1 Å². The third kappa shape index (κ3) is 4.65. The summed E-state index contributed by atoms with van der Waals surface area (Å²) in [6.07, 6.45) is 8.48. The third-order valence-corrected chi connectivity index (χ3v) is 4.37. The van der Waals surface area contributed by atoms with Crippen molar-refractivity contribution < 1.29 is 0 Å². The van der Waals surface area contributed by atoms with Crippen LogP contribution in [0.15, 0.2) is 97.4 Å². The largest absolute Gasteiger partial charge is 0.383 e. The molecule has 0 aliphatic rings. The number of hydrogen-bond acceptors (Lipinski definition) is 5. The minimum Gasteiger partial charge on any atom is -0.383 e. The summed E-state index contributed by atoms with van der Waals surface area (Å²) in [5.74, 6) is 0.733. The van der Waals surface area contributed by atoms with Crippen LogP contribution < -0.4 is 11.1 Å². The number of anilines is 3. The maximum Gasteiger partial charge on any atom is 0.145 e. The Labute approximate surface area is 170 Å². The van der Waals surface area contributed by atoms with Gasteiger partial charge in [-0.05, 0) is 35.8 Å². The van der Waals surface area contributed by atoms with Crippen molar-refractivity contribution in [3.63, 3.8) is 0 Å². The SMILES string of the molecule is C=C/C=C\C(=C/C)C(=N)c1c(N)ncnc1Nc1cccc(-c2ccccc2)c1. The Morgan fingerprint density at radius 1 is 1.07 bits per heavy atom. The molecule has 4 N–H and O–H groups in total. The Bertz CT molecular complexity index is 1080. The highest BCUT2D eigenvalue weighted by molar-refractivity contribution is 6.17. The number of hydrogen-bond donors (Lipinski definition) is 3. The van der Waals surface area contributed by atoms with Gasteiger partial charge in [0, 0.05) is 5.69 Å². The minimum atomic E-state index is 0.241. The number of nitrogen functional groups attached to an aromatic ring is 1. The first kappa shape index (κ1) is 19.8. The quantitative estimate of drug-likeness (QED) is 0.371. The molecule has 0 atom stereocenters. The van der Waals surface area contributed by atoms with Gasteiger partial charge in [0.2, 0.25) is 0 Å². The van der Waals surface area contributed by atoms with Crippen molar-refractivity contribution in [3.8, 4) is 11.1 Å². The van der Waals surface area contributed by atoms with Crippen LogP contribution in [-0.2, 0) is 0 Å². The van der Waals surface area contributed by atoms with E-state index in [0.29, 0.717) is 17.0 Å². The molecule has 0 saturated carbocycles. The molecule has 0 amide bonds. The molecule has 5 nitrogen and oxygen atoms in total. The summed E-state index contributed by atoms with van der Waals surface area (Å²) in [5.41, 5.74) is 10.6. The number of aromatic nitrogens is 2. The first-order chi connectivity index (χ1) is 14.1. The van der Waals surface area contributed by atoms with Gasteiger partial charge in [0.15, 0.2) is 0 Å². The summed E-state index contributed by atoms with van der Waals surface area (Å²) < 4.78 is 0. The van der Waals surface area contributed by atoms with Crippen LogP contribution in [0.5, 0.6) is 0 Å². The van der Waals surface area contributed by atoms with E-state index in [0.717, 1.165) is 16.8 Å². The van der Waals surface area contributed by atoms with Gasteiger partial charge in [0.1, 0.15) is 18.0 Å². The molecule has 0 radical (unpaired) electrons. The Kier molecular flexibility index (Phi) is 6.32. The lowest BCUT2D eigenvalue weighted by Gasteiger charge is -2.14. The summed E-state index contributed by atoms with van der Waals surface area (Å²) in [4.78, 5) is 8.42. The van der Waals surface area contributed by atoms with Crippen molar-refractivity contribution in [1.82, 2.24) is 9.97 Å². The fourth-order valence-corrected chi connectivity index (χ4v) is 2.92. The highest BCUT2D eigenvalue weighted by atomic mass is 15.0. The van der Waals surface area contributed by atoms with Crippen LogP contribution >= 0.6 is 0 Å². The Balaban J connectivity index is 1.97. The van der Waals surface area contributed by atoms with E-state index in [1.807, 2.05) is 55.5 Å². The predicted molar refractivity (Wildman–Crippen MR) is 122 cm³/mol. The zero-order valence-electron chi connectivity index (χ0n) is 16.3. The van der Waals surface area contributed by atoms with Crippen LogP contribution in [-0.4, -0.2) is 15.7 Å². The summed E-state index contributed by atoms with van der Waals surface area (Å²) in [5, 5.41) is 11.9. The van der Waals surface area contributed by atoms with E-state index < -0.39 is 0 Å². The normalized spacial score (nSPS) is 11.4. The molecule has 3 aromatic rings. The molecular formula is C24H23N5. The molecule has 0 saturated heterocycles. The van der Waals surface area contributed by atoms with Gasteiger partial charge < -0.3 is 11.1 Å². The topological polar surface area (TPSA) is 87.7 Å². The highest BCUT2D eigenvalue weighted by Gasteiger charge is 2.16. The maximum absolute atomic E-state index is 8.64. The lowest BCUT2D eigenvalue weighted by Crippen LogP contribution is -2.12. The van der Waals surface area contributed by atoms with Crippen LogP contribution in [0.4, 0.5) is 17.3 Å². The second-order valence-corrected chi connectivity index (χ2v) is 6.27. The van der Waals surface area contributed by atoms with Crippen LogP contribution in [0.1, 0.15) is 12.5 Å². The monoisotopic (exact) mass is 381 g/mol. The van der Waals surface area contributed by atoms with Gasteiger partial charge in [-0.2, -0.15) is 0 Å². The smallest absolute Gasteiger partial charge is 0.145 e. The molecule has 5 heteroatoms. The minimum absolute atomic E-state index is 0.241. The molecule has 0 fully saturated rings. The summed E-state index contributed by atoms with van der Waals surface area (Å²) in [6, 6.07) is 18.2. The number of nitrogens with one attached hydrogen (secondary N) is 2.